The number of benzene rings is 3. The minimum Gasteiger partial charge on any atom is -0.0730 e. The maximum absolute atomic E-state index is 2.59. The molecule has 1 aliphatic rings. The second-order valence-electron chi connectivity index (χ2n) is 10.1. The van der Waals surface area contributed by atoms with E-state index in [0.717, 1.165) is 0 Å². The lowest BCUT2D eigenvalue weighted by Gasteiger charge is -2.47. The zero-order valence-corrected chi connectivity index (χ0v) is 21.9. The molecular weight excluding hydrogens is 400 g/mol. The smallest absolute Gasteiger partial charge is 0.0730 e. The van der Waals surface area contributed by atoms with Crippen molar-refractivity contribution in [2.24, 2.45) is 0 Å². The minimum absolute atomic E-state index is 0.0526. The number of hydrogen-bond acceptors (Lipinski definition) is 0. The zero-order valence-electron chi connectivity index (χ0n) is 20.9. The Morgan fingerprint density at radius 1 is 0.562 bits per heavy atom. The van der Waals surface area contributed by atoms with E-state index in [1.54, 1.807) is 0 Å². The molecule has 3 aromatic rings. The topological polar surface area (TPSA) is 0 Å². The van der Waals surface area contributed by atoms with Crippen LogP contribution in [0.1, 0.15) is 49.9 Å². The third-order valence-corrected chi connectivity index (χ3v) is 13.3. The van der Waals surface area contributed by atoms with Gasteiger partial charge in [0, 0.05) is 5.04 Å². The van der Waals surface area contributed by atoms with Crippen LogP contribution >= 0.6 is 0 Å². The first kappa shape index (κ1) is 22.5. The molecule has 32 heavy (non-hydrogen) atoms. The predicted molar refractivity (Wildman–Crippen MR) is 143 cm³/mol. The van der Waals surface area contributed by atoms with Gasteiger partial charge in [-0.1, -0.05) is 113 Å². The number of hydrogen-bond donors (Lipinski definition) is 0. The zero-order chi connectivity index (χ0) is 23.3. The molecule has 0 aliphatic heterocycles. The van der Waals surface area contributed by atoms with E-state index in [0.29, 0.717) is 0 Å². The average Bonchev–Trinajstić information content (AvgIpc) is 2.91. The molecule has 4 rings (SSSR count). The van der Waals surface area contributed by atoms with Crippen LogP contribution in [0.25, 0.3) is 0 Å². The van der Waals surface area contributed by atoms with E-state index in [4.69, 9.17) is 0 Å². The fraction of sp³-hybridized carbons (Fsp3) is 0.290. The molecule has 0 heterocycles. The summed E-state index contributed by atoms with van der Waals surface area (Å²) in [4.78, 5) is 0. The summed E-state index contributed by atoms with van der Waals surface area (Å²) >= 11 is 0. The van der Waals surface area contributed by atoms with Crippen molar-refractivity contribution in [1.82, 2.24) is 0 Å². The predicted octanol–water partition coefficient (Wildman–Crippen LogP) is 6.45. The highest BCUT2D eigenvalue weighted by atomic mass is 28.3. The maximum Gasteiger partial charge on any atom is 0.161 e. The molecule has 0 aromatic heterocycles. The Morgan fingerprint density at radius 2 is 1.00 bits per heavy atom. The van der Waals surface area contributed by atoms with Gasteiger partial charge in [-0.05, 0) is 69.6 Å². The molecule has 0 nitrogen and oxygen atoms in total. The molecule has 0 N–H and O–H groups in total. The molecule has 0 amide bonds. The van der Waals surface area contributed by atoms with E-state index >= 15 is 0 Å². The van der Waals surface area contributed by atoms with E-state index < -0.39 is 8.07 Å². The molecule has 1 heteroatoms. The Hall–Kier alpha value is -2.64. The Bertz CT molecular complexity index is 1150. The molecule has 1 aliphatic carbocycles. The first-order valence-electron chi connectivity index (χ1n) is 11.7. The fourth-order valence-electron chi connectivity index (χ4n) is 6.19. The summed E-state index contributed by atoms with van der Waals surface area (Å²) in [7, 11) is -2.52. The first-order valence-corrected chi connectivity index (χ1v) is 13.7. The maximum atomic E-state index is 2.59. The van der Waals surface area contributed by atoms with Gasteiger partial charge < -0.3 is 0 Å². The standard InChI is InChI=1S/C31H36Si/c1-21-14-22(2)17-29(16-21)32(28-12-10-9-11-13-28,30-18-23(3)15-24(4)19-30)31(8)20-25(5)26(6)27(31)7/h9-20H,1-8H3. The summed E-state index contributed by atoms with van der Waals surface area (Å²) in [6.45, 7) is 18.5. The van der Waals surface area contributed by atoms with Gasteiger partial charge in [0.25, 0.3) is 0 Å². The second-order valence-corrected chi connectivity index (χ2v) is 14.4. The third-order valence-electron chi connectivity index (χ3n) is 7.73. The van der Waals surface area contributed by atoms with E-state index in [-0.39, 0.29) is 5.04 Å². The van der Waals surface area contributed by atoms with E-state index in [2.05, 4.69) is 128 Å². The molecule has 1 unspecified atom stereocenters. The van der Waals surface area contributed by atoms with Gasteiger partial charge in [-0.3, -0.25) is 0 Å². The van der Waals surface area contributed by atoms with Crippen LogP contribution in [0.3, 0.4) is 0 Å². The molecule has 1 atom stereocenters. The van der Waals surface area contributed by atoms with Gasteiger partial charge in [0.1, 0.15) is 0 Å². The van der Waals surface area contributed by atoms with Gasteiger partial charge >= 0.3 is 0 Å². The highest BCUT2D eigenvalue weighted by Crippen LogP contribution is 2.52. The van der Waals surface area contributed by atoms with Gasteiger partial charge in [-0.15, -0.1) is 0 Å². The molecule has 0 radical (unpaired) electrons. The molecule has 0 saturated carbocycles. The van der Waals surface area contributed by atoms with Crippen LogP contribution < -0.4 is 15.6 Å². The molecular formula is C31H36Si. The Morgan fingerprint density at radius 3 is 1.38 bits per heavy atom. The quantitative estimate of drug-likeness (QED) is 0.326. The van der Waals surface area contributed by atoms with E-state index in [1.165, 1.54) is 54.5 Å². The van der Waals surface area contributed by atoms with Crippen molar-refractivity contribution in [1.29, 1.82) is 0 Å². The summed E-state index contributed by atoms with van der Waals surface area (Å²) in [6, 6.07) is 25.9. The SMILES string of the molecule is CC1=CC(C)([Si](c2ccccc2)(c2cc(C)cc(C)c2)c2cc(C)cc(C)c2)C(C)=C1C. The highest BCUT2D eigenvalue weighted by molar-refractivity contribution is 7.14. The lowest BCUT2D eigenvalue weighted by atomic mass is 10.0. The van der Waals surface area contributed by atoms with Crippen molar-refractivity contribution >= 4 is 23.6 Å². The monoisotopic (exact) mass is 436 g/mol. The van der Waals surface area contributed by atoms with E-state index in [1.807, 2.05) is 0 Å². The van der Waals surface area contributed by atoms with Gasteiger partial charge in [-0.2, -0.15) is 0 Å². The Balaban J connectivity index is 2.26. The molecule has 164 valence electrons. The van der Waals surface area contributed by atoms with Crippen molar-refractivity contribution in [2.45, 2.75) is 60.4 Å². The number of aryl methyl sites for hydroxylation is 4. The number of allylic oxidation sites excluding steroid dienone is 4. The summed E-state index contributed by atoms with van der Waals surface area (Å²) in [5, 5.41) is 4.44. The van der Waals surface area contributed by atoms with Crippen molar-refractivity contribution in [2.75, 3.05) is 0 Å². The average molecular weight is 437 g/mol. The third kappa shape index (κ3) is 3.35. The van der Waals surface area contributed by atoms with Gasteiger partial charge in [0.15, 0.2) is 8.07 Å². The van der Waals surface area contributed by atoms with Crippen LogP contribution in [-0.2, 0) is 0 Å². The summed E-state index contributed by atoms with van der Waals surface area (Å²) in [5.41, 5.74) is 9.77. The highest BCUT2D eigenvalue weighted by Gasteiger charge is 2.56. The molecule has 0 fully saturated rings. The van der Waals surface area contributed by atoms with Crippen LogP contribution in [0.4, 0.5) is 0 Å². The van der Waals surface area contributed by atoms with Gasteiger partial charge in [0.2, 0.25) is 0 Å². The second kappa shape index (κ2) is 8.05. The molecule has 3 aromatic carbocycles. The minimum atomic E-state index is -2.52. The van der Waals surface area contributed by atoms with E-state index in [9.17, 15) is 0 Å². The van der Waals surface area contributed by atoms with Crippen molar-refractivity contribution < 1.29 is 0 Å². The van der Waals surface area contributed by atoms with Crippen molar-refractivity contribution in [3.05, 3.63) is 112 Å². The molecule has 0 spiro atoms. The van der Waals surface area contributed by atoms with Crippen LogP contribution in [-0.4, -0.2) is 8.07 Å². The van der Waals surface area contributed by atoms with Crippen LogP contribution in [0.2, 0.25) is 5.04 Å². The summed E-state index contributed by atoms with van der Waals surface area (Å²) in [5.74, 6) is 0. The normalized spacial score (nSPS) is 18.8. The van der Waals surface area contributed by atoms with Gasteiger partial charge in [-0.25, -0.2) is 0 Å². The van der Waals surface area contributed by atoms with Crippen molar-refractivity contribution in [3.63, 3.8) is 0 Å². The number of rotatable bonds is 4. The lowest BCUT2D eigenvalue weighted by Crippen LogP contribution is -2.73. The van der Waals surface area contributed by atoms with Crippen molar-refractivity contribution in [3.8, 4) is 0 Å². The van der Waals surface area contributed by atoms with Crippen LogP contribution in [0.5, 0.6) is 0 Å². The molecule has 0 bridgehead atoms. The Kier molecular flexibility index (Phi) is 5.67. The largest absolute Gasteiger partial charge is 0.161 e. The Labute approximate surface area is 195 Å². The lowest BCUT2D eigenvalue weighted by molar-refractivity contribution is 0.870. The van der Waals surface area contributed by atoms with Crippen LogP contribution in [0.15, 0.2) is 89.5 Å². The van der Waals surface area contributed by atoms with Crippen LogP contribution in [0, 0.1) is 27.7 Å². The summed E-state index contributed by atoms with van der Waals surface area (Å²) in [6.07, 6.45) is 2.59. The molecule has 0 saturated heterocycles. The van der Waals surface area contributed by atoms with Gasteiger partial charge in [0.05, 0.1) is 0 Å². The fourth-order valence-corrected chi connectivity index (χ4v) is 12.6. The first-order chi connectivity index (χ1) is 15.1. The summed E-state index contributed by atoms with van der Waals surface area (Å²) < 4.78 is 0.